The van der Waals surface area contributed by atoms with Gasteiger partial charge in [-0.2, -0.15) is 14.5 Å². The van der Waals surface area contributed by atoms with Gasteiger partial charge in [0, 0.05) is 29.3 Å². The first-order valence-electron chi connectivity index (χ1n) is 12.0. The number of ether oxygens (including phenoxy) is 1. The molecule has 2 N–H and O–H groups in total. The number of carbonyl (C=O) groups is 1. The van der Waals surface area contributed by atoms with Crippen LogP contribution in [0.15, 0.2) is 58.2 Å². The summed E-state index contributed by atoms with van der Waals surface area (Å²) in [6.07, 6.45) is 4.29. The van der Waals surface area contributed by atoms with Crippen molar-refractivity contribution >= 4 is 38.9 Å². The van der Waals surface area contributed by atoms with E-state index in [0.717, 1.165) is 0 Å². The summed E-state index contributed by atoms with van der Waals surface area (Å²) >= 11 is 0. The standard InChI is InChI=1S/C27H22F2N6O4/c1-34(2)7-9-39-27(37)22-20(17-4-3-6-30-26(17)36)21-19(11-18(28)16-5-8-38-23(16)21)35(22)13-15-10-14-12-31-33-25(14)32-24(15)29/h3-6,8,10-12H,7,9,13H2,1-2H3,(H,30,36)(H,31,32,33). The molecule has 5 heterocycles. The largest absolute Gasteiger partial charge is 0.463 e. The molecule has 0 aliphatic carbocycles. The van der Waals surface area contributed by atoms with Crippen LogP contribution < -0.4 is 5.56 Å². The maximum absolute atomic E-state index is 15.3. The fourth-order valence-corrected chi connectivity index (χ4v) is 4.73. The summed E-state index contributed by atoms with van der Waals surface area (Å²) in [7, 11) is 3.66. The lowest BCUT2D eigenvalue weighted by molar-refractivity contribution is 0.0471. The summed E-state index contributed by atoms with van der Waals surface area (Å²) in [4.78, 5) is 35.1. The van der Waals surface area contributed by atoms with Crippen molar-refractivity contribution < 1.29 is 22.7 Å². The van der Waals surface area contributed by atoms with E-state index >= 15 is 8.78 Å². The van der Waals surface area contributed by atoms with Crippen LogP contribution in [0, 0.1) is 11.8 Å². The van der Waals surface area contributed by atoms with E-state index in [1.165, 1.54) is 35.4 Å². The number of benzene rings is 1. The van der Waals surface area contributed by atoms with Crippen LogP contribution in [0.2, 0.25) is 0 Å². The van der Waals surface area contributed by atoms with Gasteiger partial charge in [0.2, 0.25) is 5.95 Å². The molecule has 10 nitrogen and oxygen atoms in total. The number of rotatable bonds is 7. The van der Waals surface area contributed by atoms with Gasteiger partial charge < -0.3 is 23.6 Å². The molecule has 0 saturated carbocycles. The fourth-order valence-electron chi connectivity index (χ4n) is 4.73. The Kier molecular flexibility index (Phi) is 5.95. The zero-order valence-electron chi connectivity index (χ0n) is 20.9. The van der Waals surface area contributed by atoms with Crippen molar-refractivity contribution in [1.82, 2.24) is 29.6 Å². The van der Waals surface area contributed by atoms with E-state index in [4.69, 9.17) is 9.15 Å². The molecule has 39 heavy (non-hydrogen) atoms. The van der Waals surface area contributed by atoms with Crippen LogP contribution in [-0.2, 0) is 11.3 Å². The first-order chi connectivity index (χ1) is 18.8. The Bertz CT molecular complexity index is 1930. The maximum atomic E-state index is 15.3. The van der Waals surface area contributed by atoms with E-state index in [-0.39, 0.29) is 57.7 Å². The number of aromatic nitrogens is 5. The van der Waals surface area contributed by atoms with Crippen LogP contribution in [0.5, 0.6) is 0 Å². The Morgan fingerprint density at radius 1 is 1.23 bits per heavy atom. The molecule has 0 atom stereocenters. The zero-order chi connectivity index (χ0) is 27.3. The molecular formula is C27H22F2N6O4. The first-order valence-corrected chi connectivity index (χ1v) is 12.0. The average molecular weight is 533 g/mol. The lowest BCUT2D eigenvalue weighted by Crippen LogP contribution is -2.22. The predicted molar refractivity (Wildman–Crippen MR) is 140 cm³/mol. The normalized spacial score (nSPS) is 11.8. The van der Waals surface area contributed by atoms with E-state index in [1.807, 2.05) is 19.0 Å². The third-order valence-electron chi connectivity index (χ3n) is 6.55. The highest BCUT2D eigenvalue weighted by Gasteiger charge is 2.30. The minimum Gasteiger partial charge on any atom is -0.463 e. The van der Waals surface area contributed by atoms with Crippen molar-refractivity contribution in [2.45, 2.75) is 6.54 Å². The smallest absolute Gasteiger partial charge is 0.355 e. The van der Waals surface area contributed by atoms with E-state index in [9.17, 15) is 9.59 Å². The number of furan rings is 1. The van der Waals surface area contributed by atoms with Gasteiger partial charge in [-0.15, -0.1) is 0 Å². The number of likely N-dealkylation sites (N-methyl/N-ethyl adjacent to an activating group) is 1. The minimum absolute atomic E-state index is 0.0459. The monoisotopic (exact) mass is 532 g/mol. The number of nitrogens with one attached hydrogen (secondary N) is 2. The Morgan fingerprint density at radius 2 is 2.08 bits per heavy atom. The second-order valence-electron chi connectivity index (χ2n) is 9.32. The van der Waals surface area contributed by atoms with Gasteiger partial charge in [0.15, 0.2) is 5.65 Å². The van der Waals surface area contributed by atoms with Crippen molar-refractivity contribution in [2.24, 2.45) is 0 Å². The second-order valence-corrected chi connectivity index (χ2v) is 9.32. The number of hydrogen-bond donors (Lipinski definition) is 2. The Labute approximate surface area is 218 Å². The third-order valence-corrected chi connectivity index (χ3v) is 6.55. The maximum Gasteiger partial charge on any atom is 0.355 e. The SMILES string of the molecule is CN(C)CCOC(=O)c1c(-c2ccc[nH]c2=O)c2c3occc3c(F)cc2n1Cc1cc2cn[nH]c2nc1F. The molecule has 0 unspecified atom stereocenters. The predicted octanol–water partition coefficient (Wildman–Crippen LogP) is 4.06. The summed E-state index contributed by atoms with van der Waals surface area (Å²) in [6.45, 7) is 0.282. The van der Waals surface area contributed by atoms with Crippen molar-refractivity contribution in [1.29, 1.82) is 0 Å². The molecule has 198 valence electrons. The topological polar surface area (TPSA) is 122 Å². The number of H-pyrrole nitrogens is 2. The number of nitrogens with zero attached hydrogens (tertiary/aromatic N) is 4. The van der Waals surface area contributed by atoms with E-state index in [0.29, 0.717) is 17.3 Å². The molecule has 5 aromatic heterocycles. The molecule has 12 heteroatoms. The summed E-state index contributed by atoms with van der Waals surface area (Å²) in [5.41, 5.74) is 0.570. The molecule has 0 bridgehead atoms. The molecule has 0 saturated heterocycles. The second kappa shape index (κ2) is 9.48. The molecule has 0 radical (unpaired) electrons. The molecule has 0 aliphatic heterocycles. The van der Waals surface area contributed by atoms with Crippen LogP contribution in [0.1, 0.15) is 16.1 Å². The highest BCUT2D eigenvalue weighted by molar-refractivity contribution is 6.17. The van der Waals surface area contributed by atoms with Crippen molar-refractivity contribution in [3.8, 4) is 11.1 Å². The lowest BCUT2D eigenvalue weighted by atomic mass is 10.0. The quantitative estimate of drug-likeness (QED) is 0.235. The van der Waals surface area contributed by atoms with E-state index in [2.05, 4.69) is 20.2 Å². The summed E-state index contributed by atoms with van der Waals surface area (Å²) < 4.78 is 43.1. The number of aromatic amines is 2. The number of halogens is 2. The van der Waals surface area contributed by atoms with Crippen LogP contribution in [0.3, 0.4) is 0 Å². The van der Waals surface area contributed by atoms with Crippen LogP contribution in [0.25, 0.3) is 44.0 Å². The van der Waals surface area contributed by atoms with Gasteiger partial charge in [-0.25, -0.2) is 9.18 Å². The van der Waals surface area contributed by atoms with Crippen molar-refractivity contribution in [3.63, 3.8) is 0 Å². The molecule has 0 aliphatic rings. The van der Waals surface area contributed by atoms with E-state index in [1.54, 1.807) is 18.2 Å². The van der Waals surface area contributed by atoms with Gasteiger partial charge in [0.25, 0.3) is 5.56 Å². The molecule has 6 rings (SSSR count). The Hall–Kier alpha value is -4.84. The number of hydrogen-bond acceptors (Lipinski definition) is 7. The lowest BCUT2D eigenvalue weighted by Gasteiger charge is -2.14. The number of esters is 1. The van der Waals surface area contributed by atoms with Gasteiger partial charge in [0.05, 0.1) is 40.9 Å². The highest BCUT2D eigenvalue weighted by Crippen LogP contribution is 2.40. The molecule has 6 aromatic rings. The average Bonchev–Trinajstić information content (AvgIpc) is 3.62. The zero-order valence-corrected chi connectivity index (χ0v) is 20.9. The molecule has 0 spiro atoms. The van der Waals surface area contributed by atoms with Crippen LogP contribution >= 0.6 is 0 Å². The first kappa shape index (κ1) is 24.5. The van der Waals surface area contributed by atoms with Crippen LogP contribution in [0.4, 0.5) is 8.78 Å². The Morgan fingerprint density at radius 3 is 2.87 bits per heavy atom. The molecule has 0 fully saturated rings. The molecule has 0 amide bonds. The third kappa shape index (κ3) is 4.14. The summed E-state index contributed by atoms with van der Waals surface area (Å²) in [5.74, 6) is -2.15. The van der Waals surface area contributed by atoms with Crippen molar-refractivity contribution in [2.75, 3.05) is 27.2 Å². The van der Waals surface area contributed by atoms with Crippen molar-refractivity contribution in [3.05, 3.63) is 82.4 Å². The van der Waals surface area contributed by atoms with E-state index < -0.39 is 23.3 Å². The van der Waals surface area contributed by atoms with Crippen LogP contribution in [-0.4, -0.2) is 62.8 Å². The number of pyridine rings is 2. The Balaban J connectivity index is 1.67. The molecule has 1 aromatic carbocycles. The van der Waals surface area contributed by atoms with Gasteiger partial charge in [-0.3, -0.25) is 9.89 Å². The minimum atomic E-state index is -0.792. The summed E-state index contributed by atoms with van der Waals surface area (Å²) in [6, 6.07) is 7.41. The number of fused-ring (bicyclic) bond motifs is 4. The summed E-state index contributed by atoms with van der Waals surface area (Å²) in [5, 5.41) is 7.55. The number of carbonyl (C=O) groups excluding carboxylic acids is 1. The van der Waals surface area contributed by atoms with Gasteiger partial charge in [-0.1, -0.05) is 0 Å². The van der Waals surface area contributed by atoms with Gasteiger partial charge in [-0.05, 0) is 44.4 Å². The molecular weight excluding hydrogens is 510 g/mol. The van der Waals surface area contributed by atoms with Gasteiger partial charge in [0.1, 0.15) is 23.7 Å². The fraction of sp³-hybridized carbons (Fsp3) is 0.185. The van der Waals surface area contributed by atoms with Gasteiger partial charge >= 0.3 is 5.97 Å². The highest BCUT2D eigenvalue weighted by atomic mass is 19.1.